The van der Waals surface area contributed by atoms with Gasteiger partial charge in [-0.1, -0.05) is 20.3 Å². The number of carbonyl (C=O) groups excluding carboxylic acids is 1. The molecule has 1 rings (SSSR count). The van der Waals surface area contributed by atoms with Crippen LogP contribution in [0.5, 0.6) is 0 Å². The monoisotopic (exact) mass is 262 g/mol. The molecule has 0 heterocycles. The van der Waals surface area contributed by atoms with Crippen LogP contribution in [0.4, 0.5) is 8.78 Å². The minimum absolute atomic E-state index is 0.121. The average molecular weight is 262 g/mol. The van der Waals surface area contributed by atoms with E-state index in [4.69, 9.17) is 4.74 Å². The van der Waals surface area contributed by atoms with Crippen molar-refractivity contribution in [2.75, 3.05) is 0 Å². The van der Waals surface area contributed by atoms with Crippen molar-refractivity contribution in [3.8, 4) is 0 Å². The van der Waals surface area contributed by atoms with Gasteiger partial charge in [0.25, 0.3) is 0 Å². The molecule has 3 atom stereocenters. The molecule has 2 nitrogen and oxygen atoms in total. The Kier molecular flexibility index (Phi) is 4.39. The van der Waals surface area contributed by atoms with Gasteiger partial charge in [0.1, 0.15) is 5.60 Å². The Balaban J connectivity index is 2.81. The molecular weight excluding hydrogens is 238 g/mol. The summed E-state index contributed by atoms with van der Waals surface area (Å²) in [6, 6.07) is 0. The number of esters is 1. The molecule has 0 amide bonds. The zero-order chi connectivity index (χ0) is 14.1. The van der Waals surface area contributed by atoms with E-state index < -0.39 is 23.4 Å². The van der Waals surface area contributed by atoms with Crippen LogP contribution in [0.15, 0.2) is 0 Å². The molecular formula is C14H24F2O2. The summed E-state index contributed by atoms with van der Waals surface area (Å²) in [6.07, 6.45) is 0.253. The first-order valence-electron chi connectivity index (χ1n) is 6.66. The van der Waals surface area contributed by atoms with Crippen molar-refractivity contribution in [3.05, 3.63) is 0 Å². The molecule has 1 fully saturated rings. The van der Waals surface area contributed by atoms with Gasteiger partial charge in [0.15, 0.2) is 0 Å². The van der Waals surface area contributed by atoms with Crippen LogP contribution in [-0.4, -0.2) is 17.5 Å². The summed E-state index contributed by atoms with van der Waals surface area (Å²) in [5.74, 6) is -4.00. The van der Waals surface area contributed by atoms with Crippen molar-refractivity contribution in [3.63, 3.8) is 0 Å². The smallest absolute Gasteiger partial charge is 0.309 e. The van der Waals surface area contributed by atoms with Crippen molar-refractivity contribution in [2.45, 2.75) is 65.4 Å². The summed E-state index contributed by atoms with van der Waals surface area (Å²) >= 11 is 0. The maximum absolute atomic E-state index is 13.5. The van der Waals surface area contributed by atoms with Crippen LogP contribution in [0.2, 0.25) is 0 Å². The second kappa shape index (κ2) is 5.14. The van der Waals surface area contributed by atoms with Gasteiger partial charge in [0, 0.05) is 12.8 Å². The first kappa shape index (κ1) is 15.4. The Morgan fingerprint density at radius 1 is 1.39 bits per heavy atom. The molecule has 0 radical (unpaired) electrons. The summed E-state index contributed by atoms with van der Waals surface area (Å²) in [7, 11) is 0. The maximum atomic E-state index is 13.5. The largest absolute Gasteiger partial charge is 0.460 e. The molecule has 0 saturated heterocycles. The third kappa shape index (κ3) is 3.92. The first-order chi connectivity index (χ1) is 8.06. The molecule has 4 heteroatoms. The lowest BCUT2D eigenvalue weighted by Gasteiger charge is -2.27. The Labute approximate surface area is 108 Å². The van der Waals surface area contributed by atoms with Gasteiger partial charge in [-0.05, 0) is 32.6 Å². The fourth-order valence-corrected chi connectivity index (χ4v) is 2.58. The van der Waals surface area contributed by atoms with Crippen LogP contribution in [0.3, 0.4) is 0 Å². The Morgan fingerprint density at radius 2 is 1.94 bits per heavy atom. The van der Waals surface area contributed by atoms with Crippen LogP contribution < -0.4 is 0 Å². The summed E-state index contributed by atoms with van der Waals surface area (Å²) in [6.45, 7) is 9.18. The molecule has 18 heavy (non-hydrogen) atoms. The number of alkyl halides is 2. The molecule has 0 aromatic heterocycles. The molecule has 0 aliphatic heterocycles. The van der Waals surface area contributed by atoms with Crippen LogP contribution in [0, 0.1) is 17.8 Å². The second-order valence-electron chi connectivity index (χ2n) is 6.45. The number of hydrogen-bond acceptors (Lipinski definition) is 2. The van der Waals surface area contributed by atoms with Crippen molar-refractivity contribution < 1.29 is 18.3 Å². The van der Waals surface area contributed by atoms with E-state index in [1.165, 1.54) is 0 Å². The lowest BCUT2D eigenvalue weighted by atomic mass is 9.83. The molecule has 0 aromatic carbocycles. The Morgan fingerprint density at radius 3 is 2.39 bits per heavy atom. The molecule has 0 N–H and O–H groups in total. The number of hydrogen-bond donors (Lipinski definition) is 0. The van der Waals surface area contributed by atoms with Gasteiger partial charge >= 0.3 is 5.97 Å². The van der Waals surface area contributed by atoms with Crippen molar-refractivity contribution >= 4 is 5.97 Å². The fourth-order valence-electron chi connectivity index (χ4n) is 2.58. The molecule has 0 bridgehead atoms. The molecule has 0 aromatic rings. The second-order valence-corrected chi connectivity index (χ2v) is 6.45. The molecule has 1 saturated carbocycles. The summed E-state index contributed by atoms with van der Waals surface area (Å²) in [4.78, 5) is 12.0. The van der Waals surface area contributed by atoms with Gasteiger partial charge in [-0.3, -0.25) is 4.79 Å². The van der Waals surface area contributed by atoms with Crippen molar-refractivity contribution in [1.29, 1.82) is 0 Å². The highest BCUT2D eigenvalue weighted by molar-refractivity contribution is 5.74. The molecule has 1 aliphatic carbocycles. The molecule has 106 valence electrons. The van der Waals surface area contributed by atoms with E-state index in [1.807, 2.05) is 13.8 Å². The van der Waals surface area contributed by atoms with E-state index in [-0.39, 0.29) is 24.7 Å². The average Bonchev–Trinajstić information content (AvgIpc) is 2.51. The predicted octanol–water partition coefficient (Wildman–Crippen LogP) is 4.04. The maximum Gasteiger partial charge on any atom is 0.309 e. The highest BCUT2D eigenvalue weighted by Crippen LogP contribution is 2.47. The van der Waals surface area contributed by atoms with E-state index in [1.54, 1.807) is 20.8 Å². The minimum atomic E-state index is -2.73. The van der Waals surface area contributed by atoms with E-state index in [2.05, 4.69) is 0 Å². The van der Waals surface area contributed by atoms with Crippen molar-refractivity contribution in [1.82, 2.24) is 0 Å². The number of halogens is 2. The van der Waals surface area contributed by atoms with Crippen LogP contribution in [0.1, 0.15) is 53.9 Å². The van der Waals surface area contributed by atoms with Crippen LogP contribution in [-0.2, 0) is 9.53 Å². The predicted molar refractivity (Wildman–Crippen MR) is 66.5 cm³/mol. The third-order valence-corrected chi connectivity index (χ3v) is 3.65. The van der Waals surface area contributed by atoms with Gasteiger partial charge in [-0.25, -0.2) is 8.78 Å². The van der Waals surface area contributed by atoms with Crippen LogP contribution >= 0.6 is 0 Å². The number of carbonyl (C=O) groups is 1. The van der Waals surface area contributed by atoms with Gasteiger partial charge in [-0.15, -0.1) is 0 Å². The standard InChI is InChI=1S/C14H24F2O2/c1-6-9(2)10-7-14(15,16)8-11(10)12(17)18-13(3,4)5/h9-11H,6-8H2,1-5H3/t9?,10-,11?/m0/s1. The van der Waals surface area contributed by atoms with E-state index in [0.717, 1.165) is 6.42 Å². The first-order valence-corrected chi connectivity index (χ1v) is 6.66. The Hall–Kier alpha value is -0.670. The van der Waals surface area contributed by atoms with Crippen molar-refractivity contribution in [2.24, 2.45) is 17.8 Å². The highest BCUT2D eigenvalue weighted by atomic mass is 19.3. The quantitative estimate of drug-likeness (QED) is 0.718. The lowest BCUT2D eigenvalue weighted by molar-refractivity contribution is -0.162. The topological polar surface area (TPSA) is 26.3 Å². The SMILES string of the molecule is CCC(C)[C@@H]1CC(F)(F)CC1C(=O)OC(C)(C)C. The van der Waals surface area contributed by atoms with E-state index >= 15 is 0 Å². The highest BCUT2D eigenvalue weighted by Gasteiger charge is 2.51. The normalized spacial score (nSPS) is 29.1. The van der Waals surface area contributed by atoms with E-state index in [9.17, 15) is 13.6 Å². The Bertz CT molecular complexity index is 307. The van der Waals surface area contributed by atoms with E-state index in [0.29, 0.717) is 0 Å². The minimum Gasteiger partial charge on any atom is -0.460 e. The zero-order valence-corrected chi connectivity index (χ0v) is 11.9. The third-order valence-electron chi connectivity index (χ3n) is 3.65. The number of rotatable bonds is 3. The number of ether oxygens (including phenoxy) is 1. The molecule has 2 unspecified atom stereocenters. The summed E-state index contributed by atoms with van der Waals surface area (Å²) in [5.41, 5.74) is -0.616. The summed E-state index contributed by atoms with van der Waals surface area (Å²) < 4.78 is 32.3. The van der Waals surface area contributed by atoms with Gasteiger partial charge in [-0.2, -0.15) is 0 Å². The molecule has 0 spiro atoms. The fraction of sp³-hybridized carbons (Fsp3) is 0.929. The lowest BCUT2D eigenvalue weighted by Crippen LogP contribution is -2.32. The van der Waals surface area contributed by atoms with Gasteiger partial charge in [0.2, 0.25) is 5.92 Å². The molecule has 1 aliphatic rings. The van der Waals surface area contributed by atoms with Crippen LogP contribution in [0.25, 0.3) is 0 Å². The summed E-state index contributed by atoms with van der Waals surface area (Å²) in [5, 5.41) is 0. The van der Waals surface area contributed by atoms with Gasteiger partial charge in [0.05, 0.1) is 5.92 Å². The van der Waals surface area contributed by atoms with Gasteiger partial charge < -0.3 is 4.74 Å². The zero-order valence-electron chi connectivity index (χ0n) is 11.9.